The van der Waals surface area contributed by atoms with Gasteiger partial charge in [0, 0.05) is 12.4 Å². The lowest BCUT2D eigenvalue weighted by atomic mass is 10.7. The topological polar surface area (TPSA) is 54.7 Å². The number of hydrogen-bond donors (Lipinski definition) is 1. The maximum absolute atomic E-state index is 5.04. The average Bonchev–Trinajstić information content (AvgIpc) is 2.74. The highest BCUT2D eigenvalue weighted by atomic mass is 32.2. The van der Waals surface area contributed by atoms with Gasteiger partial charge in [0.15, 0.2) is 0 Å². The Morgan fingerprint density at radius 1 is 1.42 bits per heavy atom. The molecule has 5 heteroatoms. The van der Waals surface area contributed by atoms with E-state index in [1.165, 1.54) is 11.8 Å². The summed E-state index contributed by atoms with van der Waals surface area (Å²) in [5.41, 5.74) is 0. The van der Waals surface area contributed by atoms with E-state index in [1.807, 2.05) is 0 Å². The van der Waals surface area contributed by atoms with Crippen molar-refractivity contribution in [3.8, 4) is 0 Å². The molecule has 0 saturated carbocycles. The molecule has 0 amide bonds. The van der Waals surface area contributed by atoms with Gasteiger partial charge in [-0.3, -0.25) is 0 Å². The van der Waals surface area contributed by atoms with E-state index in [4.69, 9.17) is 4.42 Å². The molecular formula is C7H7N3OS. The third-order valence-electron chi connectivity index (χ3n) is 1.30. The van der Waals surface area contributed by atoms with Crippen molar-refractivity contribution in [3.63, 3.8) is 0 Å². The van der Waals surface area contributed by atoms with Crippen molar-refractivity contribution in [2.75, 3.05) is 0 Å². The molecule has 0 bridgehead atoms. The number of oxazole rings is 1. The molecule has 2 aromatic heterocycles. The quantitative estimate of drug-likeness (QED) is 0.732. The van der Waals surface area contributed by atoms with Crippen molar-refractivity contribution in [2.45, 2.75) is 11.0 Å². The van der Waals surface area contributed by atoms with Crippen molar-refractivity contribution in [1.29, 1.82) is 0 Å². The first-order valence-corrected chi connectivity index (χ1v) is 4.44. The summed E-state index contributed by atoms with van der Waals surface area (Å²) in [5, 5.41) is 0.673. The van der Waals surface area contributed by atoms with Gasteiger partial charge in [0.2, 0.25) is 0 Å². The van der Waals surface area contributed by atoms with Crippen LogP contribution < -0.4 is 0 Å². The van der Waals surface area contributed by atoms with E-state index < -0.39 is 0 Å². The Bertz CT molecular complexity index is 282. The number of aromatic amines is 1. The fourth-order valence-electron chi connectivity index (χ4n) is 0.789. The highest BCUT2D eigenvalue weighted by molar-refractivity contribution is 7.98. The molecule has 2 rings (SSSR count). The maximum atomic E-state index is 5.04. The number of imidazole rings is 1. The lowest BCUT2D eigenvalue weighted by Gasteiger charge is -1.91. The predicted molar refractivity (Wildman–Crippen MR) is 44.7 cm³/mol. The maximum Gasteiger partial charge on any atom is 0.255 e. The molecule has 0 aromatic carbocycles. The molecule has 2 heterocycles. The van der Waals surface area contributed by atoms with E-state index in [-0.39, 0.29) is 0 Å². The second-order valence-electron chi connectivity index (χ2n) is 2.12. The smallest absolute Gasteiger partial charge is 0.255 e. The van der Waals surface area contributed by atoms with Crippen LogP contribution in [0.1, 0.15) is 5.82 Å². The minimum Gasteiger partial charge on any atom is -0.440 e. The number of aromatic nitrogens is 3. The van der Waals surface area contributed by atoms with Crippen LogP contribution in [0.3, 0.4) is 0 Å². The molecule has 0 saturated heterocycles. The van der Waals surface area contributed by atoms with Gasteiger partial charge >= 0.3 is 0 Å². The van der Waals surface area contributed by atoms with E-state index in [1.54, 1.807) is 24.9 Å². The Balaban J connectivity index is 1.91. The number of nitrogens with zero attached hydrogens (tertiary/aromatic N) is 2. The first-order chi connectivity index (χ1) is 5.95. The molecule has 4 nitrogen and oxygen atoms in total. The standard InChI is InChI=1S/C7H7N3OS/c1-2-9-6(8-1)5-12-7-10-3-4-11-7/h1-4H,5H2,(H,8,9). The Kier molecular flexibility index (Phi) is 2.13. The van der Waals surface area contributed by atoms with Gasteiger partial charge in [0.05, 0.1) is 11.9 Å². The van der Waals surface area contributed by atoms with E-state index in [2.05, 4.69) is 15.0 Å². The van der Waals surface area contributed by atoms with Crippen LogP contribution in [-0.2, 0) is 5.75 Å². The minimum atomic E-state index is 0.673. The summed E-state index contributed by atoms with van der Waals surface area (Å²) in [5.74, 6) is 1.69. The fourth-order valence-corrected chi connectivity index (χ4v) is 1.47. The zero-order chi connectivity index (χ0) is 8.23. The van der Waals surface area contributed by atoms with Crippen LogP contribution in [0.15, 0.2) is 34.5 Å². The highest BCUT2D eigenvalue weighted by Crippen LogP contribution is 2.18. The Morgan fingerprint density at radius 3 is 3.08 bits per heavy atom. The van der Waals surface area contributed by atoms with Gasteiger partial charge in [0.25, 0.3) is 5.22 Å². The number of hydrogen-bond acceptors (Lipinski definition) is 4. The van der Waals surface area contributed by atoms with Gasteiger partial charge in [-0.1, -0.05) is 11.8 Å². The Labute approximate surface area is 73.4 Å². The van der Waals surface area contributed by atoms with Gasteiger partial charge in [0.1, 0.15) is 12.1 Å². The summed E-state index contributed by atoms with van der Waals surface area (Å²) in [6.45, 7) is 0. The SMILES string of the molecule is c1c[nH]c(CSc2ncco2)n1. The molecule has 0 fully saturated rings. The first kappa shape index (κ1) is 7.42. The summed E-state index contributed by atoms with van der Waals surface area (Å²) >= 11 is 1.51. The molecule has 0 aliphatic carbocycles. The number of nitrogens with one attached hydrogen (secondary N) is 1. The van der Waals surface area contributed by atoms with Gasteiger partial charge in [-0.05, 0) is 0 Å². The molecule has 1 N–H and O–H groups in total. The normalized spacial score (nSPS) is 10.3. The molecular weight excluding hydrogens is 174 g/mol. The second-order valence-corrected chi connectivity index (χ2v) is 3.05. The van der Waals surface area contributed by atoms with Crippen molar-refractivity contribution in [3.05, 3.63) is 30.7 Å². The predicted octanol–water partition coefficient (Wildman–Crippen LogP) is 1.69. The second kappa shape index (κ2) is 3.44. The molecule has 0 spiro atoms. The molecule has 0 atom stereocenters. The molecule has 0 aliphatic heterocycles. The van der Waals surface area contributed by atoms with Crippen LogP contribution >= 0.6 is 11.8 Å². The van der Waals surface area contributed by atoms with E-state index in [0.29, 0.717) is 5.22 Å². The molecule has 0 aliphatic rings. The van der Waals surface area contributed by atoms with Crippen LogP contribution in [0.5, 0.6) is 0 Å². The molecule has 12 heavy (non-hydrogen) atoms. The van der Waals surface area contributed by atoms with Gasteiger partial charge in [-0.15, -0.1) is 0 Å². The Hall–Kier alpha value is -1.23. The summed E-state index contributed by atoms with van der Waals surface area (Å²) in [6.07, 6.45) is 6.71. The van der Waals surface area contributed by atoms with Crippen molar-refractivity contribution in [2.24, 2.45) is 0 Å². The molecule has 0 radical (unpaired) electrons. The van der Waals surface area contributed by atoms with Crippen LogP contribution in [0.25, 0.3) is 0 Å². The first-order valence-electron chi connectivity index (χ1n) is 3.46. The van der Waals surface area contributed by atoms with Crippen LogP contribution in [0.2, 0.25) is 0 Å². The van der Waals surface area contributed by atoms with Gasteiger partial charge in [-0.25, -0.2) is 9.97 Å². The minimum absolute atomic E-state index is 0.673. The average molecular weight is 181 g/mol. The molecule has 62 valence electrons. The number of rotatable bonds is 3. The van der Waals surface area contributed by atoms with Crippen LogP contribution in [0.4, 0.5) is 0 Å². The third kappa shape index (κ3) is 1.68. The molecule has 0 unspecified atom stereocenters. The monoisotopic (exact) mass is 181 g/mol. The summed E-state index contributed by atoms with van der Waals surface area (Å²) in [7, 11) is 0. The van der Waals surface area contributed by atoms with Crippen LogP contribution in [-0.4, -0.2) is 15.0 Å². The van der Waals surface area contributed by atoms with Crippen molar-refractivity contribution < 1.29 is 4.42 Å². The number of H-pyrrole nitrogens is 1. The van der Waals surface area contributed by atoms with Crippen molar-refractivity contribution >= 4 is 11.8 Å². The van der Waals surface area contributed by atoms with Gasteiger partial charge in [-0.2, -0.15) is 0 Å². The summed E-state index contributed by atoms with van der Waals surface area (Å²) in [6, 6.07) is 0. The zero-order valence-electron chi connectivity index (χ0n) is 6.23. The lowest BCUT2D eigenvalue weighted by molar-refractivity contribution is 0.454. The fraction of sp³-hybridized carbons (Fsp3) is 0.143. The Morgan fingerprint density at radius 2 is 2.42 bits per heavy atom. The van der Waals surface area contributed by atoms with E-state index >= 15 is 0 Å². The van der Waals surface area contributed by atoms with E-state index in [0.717, 1.165) is 11.6 Å². The van der Waals surface area contributed by atoms with Crippen LogP contribution in [0, 0.1) is 0 Å². The lowest BCUT2D eigenvalue weighted by Crippen LogP contribution is -1.82. The largest absolute Gasteiger partial charge is 0.440 e. The third-order valence-corrected chi connectivity index (χ3v) is 2.16. The van der Waals surface area contributed by atoms with E-state index in [9.17, 15) is 0 Å². The summed E-state index contributed by atoms with van der Waals surface area (Å²) < 4.78 is 5.04. The molecule has 2 aromatic rings. The highest BCUT2D eigenvalue weighted by Gasteiger charge is 2.00. The zero-order valence-corrected chi connectivity index (χ0v) is 7.04. The van der Waals surface area contributed by atoms with Crippen molar-refractivity contribution in [1.82, 2.24) is 15.0 Å². The van der Waals surface area contributed by atoms with Gasteiger partial charge < -0.3 is 9.40 Å². The number of thioether (sulfide) groups is 1. The summed E-state index contributed by atoms with van der Waals surface area (Å²) in [4.78, 5) is 11.0.